The minimum Gasteiger partial charge on any atom is -0.484 e. The lowest BCUT2D eigenvalue weighted by Crippen LogP contribution is -2.38. The minimum absolute atomic E-state index is 0.0250. The van der Waals surface area contributed by atoms with E-state index >= 15 is 0 Å². The molecule has 3 heteroatoms. The molecule has 0 aliphatic carbocycles. The number of hydrogen-bond acceptors (Lipinski definition) is 2. The number of likely N-dealkylation sites (N-methyl/N-ethyl adjacent to an activating group) is 1. The van der Waals surface area contributed by atoms with E-state index in [1.807, 2.05) is 66.4 Å². The van der Waals surface area contributed by atoms with Gasteiger partial charge in [0.25, 0.3) is 5.91 Å². The van der Waals surface area contributed by atoms with Crippen molar-refractivity contribution in [2.24, 2.45) is 0 Å². The van der Waals surface area contributed by atoms with E-state index in [1.54, 1.807) is 0 Å². The number of hydrogen-bond donors (Lipinski definition) is 0. The zero-order valence-electron chi connectivity index (χ0n) is 16.5. The Balaban J connectivity index is 1.82. The molecule has 0 spiro atoms. The Morgan fingerprint density at radius 2 is 1.46 bits per heavy atom. The van der Waals surface area contributed by atoms with Crippen LogP contribution in [-0.4, -0.2) is 24.0 Å². The zero-order valence-corrected chi connectivity index (χ0v) is 16.5. The third-order valence-electron chi connectivity index (χ3n) is 4.87. The van der Waals surface area contributed by atoms with Gasteiger partial charge in [-0.3, -0.25) is 4.79 Å². The lowest BCUT2D eigenvalue weighted by atomic mass is 9.97. The molecule has 0 N–H and O–H groups in total. The van der Waals surface area contributed by atoms with Crippen molar-refractivity contribution in [3.63, 3.8) is 0 Å². The largest absolute Gasteiger partial charge is 0.484 e. The lowest BCUT2D eigenvalue weighted by Gasteiger charge is -2.31. The number of benzene rings is 3. The van der Waals surface area contributed by atoms with Crippen LogP contribution in [0.15, 0.2) is 84.9 Å². The van der Waals surface area contributed by atoms with E-state index in [2.05, 4.69) is 37.3 Å². The summed E-state index contributed by atoms with van der Waals surface area (Å²) in [6.45, 7) is 4.74. The first-order chi connectivity index (χ1) is 13.7. The van der Waals surface area contributed by atoms with Crippen molar-refractivity contribution in [2.45, 2.75) is 26.3 Å². The fourth-order valence-corrected chi connectivity index (χ4v) is 3.41. The highest BCUT2D eigenvalue weighted by molar-refractivity contribution is 5.78. The fourth-order valence-electron chi connectivity index (χ4n) is 3.41. The van der Waals surface area contributed by atoms with Crippen LogP contribution in [-0.2, 0) is 11.2 Å². The van der Waals surface area contributed by atoms with E-state index in [4.69, 9.17) is 4.74 Å². The second-order valence-corrected chi connectivity index (χ2v) is 6.69. The fraction of sp³-hybridized carbons (Fsp3) is 0.240. The molecule has 0 heterocycles. The standard InChI is InChI=1S/C25H27NO2/c1-3-20-12-11-17-23(18-20)28-19-24(27)26(4-2)25(21-13-7-5-8-14-21)22-15-9-6-10-16-22/h5-18,25H,3-4,19H2,1-2H3. The van der Waals surface area contributed by atoms with E-state index in [-0.39, 0.29) is 18.6 Å². The predicted molar refractivity (Wildman–Crippen MR) is 113 cm³/mol. The summed E-state index contributed by atoms with van der Waals surface area (Å²) >= 11 is 0. The Morgan fingerprint density at radius 3 is 2.00 bits per heavy atom. The van der Waals surface area contributed by atoms with Crippen molar-refractivity contribution >= 4 is 5.91 Å². The van der Waals surface area contributed by atoms with Crippen molar-refractivity contribution in [3.05, 3.63) is 102 Å². The molecule has 0 unspecified atom stereocenters. The average Bonchev–Trinajstić information content (AvgIpc) is 2.77. The molecule has 3 nitrogen and oxygen atoms in total. The van der Waals surface area contributed by atoms with Gasteiger partial charge in [-0.1, -0.05) is 79.7 Å². The highest BCUT2D eigenvalue weighted by atomic mass is 16.5. The van der Waals surface area contributed by atoms with Crippen LogP contribution in [0.4, 0.5) is 0 Å². The first-order valence-corrected chi connectivity index (χ1v) is 9.84. The molecule has 0 aliphatic rings. The van der Waals surface area contributed by atoms with Gasteiger partial charge >= 0.3 is 0 Å². The van der Waals surface area contributed by atoms with Gasteiger partial charge in [0.1, 0.15) is 5.75 Å². The van der Waals surface area contributed by atoms with E-state index in [0.717, 1.165) is 23.3 Å². The third-order valence-corrected chi connectivity index (χ3v) is 4.87. The SMILES string of the molecule is CCc1cccc(OCC(=O)N(CC)C(c2ccccc2)c2ccccc2)c1. The molecule has 144 valence electrons. The zero-order chi connectivity index (χ0) is 19.8. The van der Waals surface area contributed by atoms with E-state index in [1.165, 1.54) is 5.56 Å². The molecular weight excluding hydrogens is 346 g/mol. The highest BCUT2D eigenvalue weighted by Gasteiger charge is 2.25. The topological polar surface area (TPSA) is 29.5 Å². The van der Waals surface area contributed by atoms with Crippen molar-refractivity contribution in [1.29, 1.82) is 0 Å². The van der Waals surface area contributed by atoms with Gasteiger partial charge in [0, 0.05) is 6.54 Å². The Kier molecular flexibility index (Phi) is 6.85. The summed E-state index contributed by atoms with van der Waals surface area (Å²) in [5.74, 6) is 0.710. The number of ether oxygens (including phenoxy) is 1. The molecule has 0 saturated heterocycles. The quantitative estimate of drug-likeness (QED) is 0.539. The van der Waals surface area contributed by atoms with Crippen LogP contribution >= 0.6 is 0 Å². The number of amides is 1. The molecule has 0 aliphatic heterocycles. The summed E-state index contributed by atoms with van der Waals surface area (Å²) in [5.41, 5.74) is 3.39. The van der Waals surface area contributed by atoms with Crippen molar-refractivity contribution in [1.82, 2.24) is 4.90 Å². The monoisotopic (exact) mass is 373 g/mol. The van der Waals surface area contributed by atoms with E-state index < -0.39 is 0 Å². The molecule has 0 radical (unpaired) electrons. The molecule has 28 heavy (non-hydrogen) atoms. The van der Waals surface area contributed by atoms with Crippen LogP contribution in [0, 0.1) is 0 Å². The molecule has 0 saturated carbocycles. The molecule has 3 aromatic carbocycles. The Morgan fingerprint density at radius 1 is 0.857 bits per heavy atom. The highest BCUT2D eigenvalue weighted by Crippen LogP contribution is 2.28. The number of rotatable bonds is 8. The Bertz CT molecular complexity index is 838. The lowest BCUT2D eigenvalue weighted by molar-refractivity contribution is -0.134. The molecule has 0 fully saturated rings. The first kappa shape index (κ1) is 19.7. The number of aryl methyl sites for hydroxylation is 1. The second-order valence-electron chi connectivity index (χ2n) is 6.69. The van der Waals surface area contributed by atoms with Gasteiger partial charge in [-0.25, -0.2) is 0 Å². The Labute approximate surface area is 167 Å². The van der Waals surface area contributed by atoms with Crippen LogP contribution in [0.1, 0.15) is 36.6 Å². The molecule has 3 aromatic rings. The maximum Gasteiger partial charge on any atom is 0.261 e. The maximum atomic E-state index is 13.1. The molecule has 0 bridgehead atoms. The summed E-state index contributed by atoms with van der Waals surface area (Å²) in [5, 5.41) is 0. The van der Waals surface area contributed by atoms with Gasteiger partial charge in [-0.2, -0.15) is 0 Å². The summed E-state index contributed by atoms with van der Waals surface area (Å²) in [7, 11) is 0. The summed E-state index contributed by atoms with van der Waals surface area (Å²) in [4.78, 5) is 15.0. The summed E-state index contributed by atoms with van der Waals surface area (Å²) in [6.07, 6.45) is 0.941. The maximum absolute atomic E-state index is 13.1. The van der Waals surface area contributed by atoms with Gasteiger partial charge in [-0.15, -0.1) is 0 Å². The van der Waals surface area contributed by atoms with Gasteiger partial charge in [-0.05, 0) is 42.2 Å². The van der Waals surface area contributed by atoms with Gasteiger partial charge in [0.15, 0.2) is 6.61 Å². The van der Waals surface area contributed by atoms with Crippen molar-refractivity contribution in [3.8, 4) is 5.75 Å². The molecule has 0 atom stereocenters. The Hall–Kier alpha value is -3.07. The van der Waals surface area contributed by atoms with Gasteiger partial charge in [0.2, 0.25) is 0 Å². The van der Waals surface area contributed by atoms with Crippen molar-refractivity contribution in [2.75, 3.05) is 13.2 Å². The van der Waals surface area contributed by atoms with Crippen LogP contribution in [0.2, 0.25) is 0 Å². The average molecular weight is 373 g/mol. The summed E-state index contributed by atoms with van der Waals surface area (Å²) in [6, 6.07) is 28.1. The van der Waals surface area contributed by atoms with Crippen LogP contribution in [0.5, 0.6) is 5.75 Å². The smallest absolute Gasteiger partial charge is 0.261 e. The number of carbonyl (C=O) groups is 1. The normalized spacial score (nSPS) is 10.7. The third kappa shape index (κ3) is 4.80. The summed E-state index contributed by atoms with van der Waals surface area (Å²) < 4.78 is 5.82. The van der Waals surface area contributed by atoms with Gasteiger partial charge < -0.3 is 9.64 Å². The number of carbonyl (C=O) groups excluding carboxylic acids is 1. The minimum atomic E-state index is -0.134. The van der Waals surface area contributed by atoms with Crippen LogP contribution in [0.3, 0.4) is 0 Å². The van der Waals surface area contributed by atoms with Crippen LogP contribution < -0.4 is 4.74 Å². The molecule has 3 rings (SSSR count). The molecule has 0 aromatic heterocycles. The predicted octanol–water partition coefficient (Wildman–Crippen LogP) is 5.27. The van der Waals surface area contributed by atoms with Crippen LogP contribution in [0.25, 0.3) is 0 Å². The molecule has 1 amide bonds. The van der Waals surface area contributed by atoms with E-state index in [0.29, 0.717) is 6.54 Å². The van der Waals surface area contributed by atoms with E-state index in [9.17, 15) is 4.79 Å². The van der Waals surface area contributed by atoms with Crippen molar-refractivity contribution < 1.29 is 9.53 Å². The first-order valence-electron chi connectivity index (χ1n) is 9.84. The van der Waals surface area contributed by atoms with Gasteiger partial charge in [0.05, 0.1) is 6.04 Å². The second kappa shape index (κ2) is 9.75. The number of nitrogens with zero attached hydrogens (tertiary/aromatic N) is 1. The molecular formula is C25H27NO2.